The second kappa shape index (κ2) is 4.83. The number of thiazole rings is 1. The number of aromatic nitrogens is 3. The maximum atomic E-state index is 12.2. The Hall–Kier alpha value is -1.44. The first-order valence-corrected chi connectivity index (χ1v) is 8.55. The van der Waals surface area contributed by atoms with Gasteiger partial charge in [0.05, 0.1) is 16.4 Å². The van der Waals surface area contributed by atoms with Crippen molar-refractivity contribution in [3.05, 3.63) is 40.6 Å². The predicted octanol–water partition coefficient (Wildman–Crippen LogP) is 2.66. The summed E-state index contributed by atoms with van der Waals surface area (Å²) >= 11 is 7.25. The average molecular weight is 328 g/mol. The third-order valence-electron chi connectivity index (χ3n) is 2.75. The lowest BCUT2D eigenvalue weighted by atomic mass is 10.3. The molecule has 0 saturated heterocycles. The van der Waals surface area contributed by atoms with Gasteiger partial charge in [-0.15, -0.1) is 11.3 Å². The number of hydrogen-bond donors (Lipinski definition) is 0. The van der Waals surface area contributed by atoms with Crippen LogP contribution in [-0.4, -0.2) is 23.2 Å². The van der Waals surface area contributed by atoms with Gasteiger partial charge in [0.1, 0.15) is 15.7 Å². The van der Waals surface area contributed by atoms with Crippen molar-refractivity contribution in [2.24, 2.45) is 7.05 Å². The molecule has 5 nitrogen and oxygen atoms in total. The van der Waals surface area contributed by atoms with Crippen LogP contribution in [0.2, 0.25) is 5.02 Å². The molecule has 3 rings (SSSR count). The van der Waals surface area contributed by atoms with E-state index in [1.165, 1.54) is 28.4 Å². The molecular formula is C12H10ClN3O2S2. The number of rotatable bonds is 3. The van der Waals surface area contributed by atoms with E-state index in [1.54, 1.807) is 19.2 Å². The first-order valence-electron chi connectivity index (χ1n) is 5.70. The van der Waals surface area contributed by atoms with Crippen molar-refractivity contribution in [1.29, 1.82) is 0 Å². The topological polar surface area (TPSA) is 64.8 Å². The summed E-state index contributed by atoms with van der Waals surface area (Å²) in [5.74, 6) is -0.129. The highest BCUT2D eigenvalue weighted by Gasteiger charge is 2.19. The Morgan fingerprint density at radius 3 is 2.90 bits per heavy atom. The van der Waals surface area contributed by atoms with E-state index in [0.29, 0.717) is 10.0 Å². The highest BCUT2D eigenvalue weighted by atomic mass is 35.5. The summed E-state index contributed by atoms with van der Waals surface area (Å²) in [6.45, 7) is 0. The van der Waals surface area contributed by atoms with E-state index in [4.69, 9.17) is 11.6 Å². The molecule has 0 N–H and O–H groups in total. The minimum atomic E-state index is -3.42. The third kappa shape index (κ3) is 2.56. The first kappa shape index (κ1) is 13.5. The van der Waals surface area contributed by atoms with Crippen molar-refractivity contribution in [2.75, 3.05) is 0 Å². The van der Waals surface area contributed by atoms with Crippen LogP contribution in [0.25, 0.3) is 10.2 Å². The van der Waals surface area contributed by atoms with Gasteiger partial charge in [-0.2, -0.15) is 5.10 Å². The van der Waals surface area contributed by atoms with Crippen molar-refractivity contribution in [3.63, 3.8) is 0 Å². The van der Waals surface area contributed by atoms with Gasteiger partial charge in [-0.25, -0.2) is 13.4 Å². The summed E-state index contributed by atoms with van der Waals surface area (Å²) in [6, 6.07) is 5.34. The SMILES string of the molecule is Cn1cc(S(=O)(=O)Cc2nc3cc(Cl)ccc3s2)cn1. The van der Waals surface area contributed by atoms with E-state index in [2.05, 4.69) is 10.1 Å². The van der Waals surface area contributed by atoms with Crippen LogP contribution in [0.4, 0.5) is 0 Å². The van der Waals surface area contributed by atoms with Gasteiger partial charge in [-0.1, -0.05) is 11.6 Å². The lowest BCUT2D eigenvalue weighted by Gasteiger charge is -1.97. The minimum Gasteiger partial charge on any atom is -0.274 e. The summed E-state index contributed by atoms with van der Waals surface area (Å²) in [5.41, 5.74) is 0.721. The molecule has 1 aromatic carbocycles. The van der Waals surface area contributed by atoms with E-state index in [-0.39, 0.29) is 10.6 Å². The Morgan fingerprint density at radius 1 is 1.40 bits per heavy atom. The molecule has 0 aliphatic rings. The molecule has 0 amide bonds. The van der Waals surface area contributed by atoms with Crippen LogP contribution in [0.1, 0.15) is 5.01 Å². The van der Waals surface area contributed by atoms with E-state index in [9.17, 15) is 8.42 Å². The normalized spacial score (nSPS) is 12.1. The summed E-state index contributed by atoms with van der Waals surface area (Å²) in [5, 5.41) is 5.02. The molecule has 104 valence electrons. The van der Waals surface area contributed by atoms with Gasteiger partial charge in [0.15, 0.2) is 9.84 Å². The van der Waals surface area contributed by atoms with Crippen LogP contribution in [0.15, 0.2) is 35.5 Å². The maximum absolute atomic E-state index is 12.2. The Bertz CT molecular complexity index is 883. The molecule has 3 aromatic rings. The monoisotopic (exact) mass is 327 g/mol. The average Bonchev–Trinajstić information content (AvgIpc) is 2.94. The van der Waals surface area contributed by atoms with Crippen LogP contribution in [0, 0.1) is 0 Å². The second-order valence-corrected chi connectivity index (χ2v) is 7.87. The molecule has 0 aliphatic carbocycles. The molecule has 0 aliphatic heterocycles. The smallest absolute Gasteiger partial charge is 0.188 e. The molecule has 0 spiro atoms. The second-order valence-electron chi connectivity index (χ2n) is 4.33. The number of fused-ring (bicyclic) bond motifs is 1. The summed E-state index contributed by atoms with van der Waals surface area (Å²) in [6.07, 6.45) is 2.83. The zero-order valence-corrected chi connectivity index (χ0v) is 12.8. The predicted molar refractivity (Wildman–Crippen MR) is 78.7 cm³/mol. The largest absolute Gasteiger partial charge is 0.274 e. The van der Waals surface area contributed by atoms with Crippen LogP contribution in [0.5, 0.6) is 0 Å². The highest BCUT2D eigenvalue weighted by molar-refractivity contribution is 7.90. The Labute approximate surface area is 124 Å². The maximum Gasteiger partial charge on any atom is 0.188 e. The number of sulfone groups is 1. The fourth-order valence-electron chi connectivity index (χ4n) is 1.82. The number of hydrogen-bond acceptors (Lipinski definition) is 5. The van der Waals surface area contributed by atoms with Gasteiger partial charge in [-0.3, -0.25) is 4.68 Å². The van der Waals surface area contributed by atoms with Crippen molar-refractivity contribution < 1.29 is 8.42 Å². The highest BCUT2D eigenvalue weighted by Crippen LogP contribution is 2.27. The van der Waals surface area contributed by atoms with Gasteiger partial charge < -0.3 is 0 Å². The van der Waals surface area contributed by atoms with Crippen molar-refractivity contribution >= 4 is 43.0 Å². The van der Waals surface area contributed by atoms with Gasteiger partial charge in [0, 0.05) is 18.3 Å². The molecule has 8 heteroatoms. The van der Waals surface area contributed by atoms with E-state index in [1.807, 2.05) is 6.07 Å². The molecule has 2 heterocycles. The standard InChI is InChI=1S/C12H10ClN3O2S2/c1-16-6-9(5-14-16)20(17,18)7-12-15-10-4-8(13)2-3-11(10)19-12/h2-6H,7H2,1H3. The molecule has 0 atom stereocenters. The molecule has 2 aromatic heterocycles. The van der Waals surface area contributed by atoms with Gasteiger partial charge in [0.2, 0.25) is 0 Å². The Balaban J connectivity index is 1.96. The fourth-order valence-corrected chi connectivity index (χ4v) is 4.50. The van der Waals surface area contributed by atoms with E-state index < -0.39 is 9.84 Å². The molecule has 0 radical (unpaired) electrons. The van der Waals surface area contributed by atoms with Crippen LogP contribution >= 0.6 is 22.9 Å². The molecular weight excluding hydrogens is 318 g/mol. The Morgan fingerprint density at radius 2 is 2.20 bits per heavy atom. The van der Waals surface area contributed by atoms with Crippen LogP contribution in [-0.2, 0) is 22.6 Å². The van der Waals surface area contributed by atoms with E-state index >= 15 is 0 Å². The van der Waals surface area contributed by atoms with E-state index in [0.717, 1.165) is 10.2 Å². The van der Waals surface area contributed by atoms with Gasteiger partial charge in [-0.05, 0) is 18.2 Å². The number of halogens is 1. The molecule has 0 fully saturated rings. The molecule has 0 saturated carbocycles. The van der Waals surface area contributed by atoms with Crippen LogP contribution < -0.4 is 0 Å². The molecule has 0 unspecified atom stereocenters. The lowest BCUT2D eigenvalue weighted by molar-refractivity contribution is 0.595. The third-order valence-corrected chi connectivity index (χ3v) is 5.78. The zero-order chi connectivity index (χ0) is 14.3. The summed E-state index contributed by atoms with van der Waals surface area (Å²) in [7, 11) is -1.74. The minimum absolute atomic E-state index is 0.129. The molecule has 20 heavy (non-hydrogen) atoms. The summed E-state index contributed by atoms with van der Waals surface area (Å²) in [4.78, 5) is 4.52. The van der Waals surface area contributed by atoms with Gasteiger partial charge >= 0.3 is 0 Å². The van der Waals surface area contributed by atoms with Crippen LogP contribution in [0.3, 0.4) is 0 Å². The van der Waals surface area contributed by atoms with Crippen molar-refractivity contribution in [1.82, 2.24) is 14.8 Å². The molecule has 0 bridgehead atoms. The van der Waals surface area contributed by atoms with Crippen molar-refractivity contribution in [3.8, 4) is 0 Å². The van der Waals surface area contributed by atoms with Gasteiger partial charge in [0.25, 0.3) is 0 Å². The number of benzene rings is 1. The first-order chi connectivity index (χ1) is 9.44. The quantitative estimate of drug-likeness (QED) is 0.742. The number of nitrogens with zero attached hydrogens (tertiary/aromatic N) is 3. The van der Waals surface area contributed by atoms with Crippen molar-refractivity contribution in [2.45, 2.75) is 10.6 Å². The summed E-state index contributed by atoms with van der Waals surface area (Å²) < 4.78 is 26.9. The number of aryl methyl sites for hydroxylation is 1. The fraction of sp³-hybridized carbons (Fsp3) is 0.167. The lowest BCUT2D eigenvalue weighted by Crippen LogP contribution is -2.03. The Kier molecular flexibility index (Phi) is 3.27. The zero-order valence-electron chi connectivity index (χ0n) is 10.4.